The van der Waals surface area contributed by atoms with E-state index in [0.717, 1.165) is 22.4 Å². The molecule has 0 aromatic heterocycles. The molecule has 0 heterocycles. The second kappa shape index (κ2) is 5.81. The third-order valence-corrected chi connectivity index (χ3v) is 4.59. The highest BCUT2D eigenvalue weighted by molar-refractivity contribution is 6.35. The first kappa shape index (κ1) is 14.2. The smallest absolute Gasteiger partial charge is 0.0468 e. The van der Waals surface area contributed by atoms with Crippen LogP contribution in [0.4, 0.5) is 0 Å². The number of rotatable bonds is 4. The van der Waals surface area contributed by atoms with Gasteiger partial charge in [-0.1, -0.05) is 43.1 Å². The van der Waals surface area contributed by atoms with Gasteiger partial charge in [0, 0.05) is 22.1 Å². The molecule has 0 radical (unpaired) electrons. The summed E-state index contributed by atoms with van der Waals surface area (Å²) in [6.07, 6.45) is 2.57. The van der Waals surface area contributed by atoms with E-state index in [2.05, 4.69) is 26.1 Å². The van der Waals surface area contributed by atoms with Crippen molar-refractivity contribution in [2.45, 2.75) is 45.7 Å². The predicted octanol–water partition coefficient (Wildman–Crippen LogP) is 5.08. The van der Waals surface area contributed by atoms with E-state index in [1.807, 2.05) is 18.2 Å². The summed E-state index contributed by atoms with van der Waals surface area (Å²) in [5, 5.41) is 5.10. The van der Waals surface area contributed by atoms with E-state index in [4.69, 9.17) is 23.2 Å². The topological polar surface area (TPSA) is 12.0 Å². The highest BCUT2D eigenvalue weighted by atomic mass is 35.5. The lowest BCUT2D eigenvalue weighted by molar-refractivity contribution is 0.159. The van der Waals surface area contributed by atoms with E-state index in [1.54, 1.807) is 0 Å². The van der Waals surface area contributed by atoms with Gasteiger partial charge in [-0.2, -0.15) is 0 Å². The van der Waals surface area contributed by atoms with Crippen molar-refractivity contribution in [1.82, 2.24) is 5.32 Å². The number of hydrogen-bond acceptors (Lipinski definition) is 1. The Hall–Kier alpha value is -0.240. The lowest BCUT2D eigenvalue weighted by atomic mass is 9.73. The Balaban J connectivity index is 1.91. The van der Waals surface area contributed by atoms with E-state index in [9.17, 15) is 0 Å². The Kier molecular flexibility index (Phi) is 4.58. The molecule has 100 valence electrons. The lowest BCUT2D eigenvalue weighted by Gasteiger charge is -2.40. The number of benzene rings is 1. The Morgan fingerprint density at radius 2 is 1.83 bits per heavy atom. The maximum Gasteiger partial charge on any atom is 0.0468 e. The SMILES string of the molecule is CC(NC1CC(C(C)C)C1)c1ccc(Cl)cc1Cl. The van der Waals surface area contributed by atoms with Crippen LogP contribution < -0.4 is 5.32 Å². The average Bonchev–Trinajstić information content (AvgIpc) is 2.21. The van der Waals surface area contributed by atoms with Gasteiger partial charge in [-0.05, 0) is 49.3 Å². The summed E-state index contributed by atoms with van der Waals surface area (Å²) < 4.78 is 0. The van der Waals surface area contributed by atoms with Crippen LogP contribution in [0.2, 0.25) is 10.0 Å². The van der Waals surface area contributed by atoms with Crippen molar-refractivity contribution < 1.29 is 0 Å². The molecule has 0 saturated heterocycles. The highest BCUT2D eigenvalue weighted by Crippen LogP contribution is 2.35. The molecule has 1 N–H and O–H groups in total. The van der Waals surface area contributed by atoms with Crippen LogP contribution in [0.3, 0.4) is 0 Å². The molecular weight excluding hydrogens is 265 g/mol. The van der Waals surface area contributed by atoms with Gasteiger partial charge in [0.15, 0.2) is 0 Å². The molecule has 3 heteroatoms. The first-order chi connectivity index (χ1) is 8.47. The van der Waals surface area contributed by atoms with Gasteiger partial charge in [-0.3, -0.25) is 0 Å². The molecule has 2 rings (SSSR count). The molecule has 1 aromatic rings. The van der Waals surface area contributed by atoms with Crippen LogP contribution in [0, 0.1) is 11.8 Å². The summed E-state index contributed by atoms with van der Waals surface area (Å²) in [5.41, 5.74) is 1.13. The summed E-state index contributed by atoms with van der Waals surface area (Å²) in [6.45, 7) is 6.78. The Morgan fingerprint density at radius 3 is 2.39 bits per heavy atom. The van der Waals surface area contributed by atoms with E-state index in [-0.39, 0.29) is 6.04 Å². The van der Waals surface area contributed by atoms with Crippen LogP contribution in [0.1, 0.15) is 45.2 Å². The fourth-order valence-electron chi connectivity index (χ4n) is 2.64. The fourth-order valence-corrected chi connectivity index (χ4v) is 3.21. The van der Waals surface area contributed by atoms with E-state index < -0.39 is 0 Å². The molecule has 1 saturated carbocycles. The van der Waals surface area contributed by atoms with Crippen LogP contribution in [0.25, 0.3) is 0 Å². The maximum atomic E-state index is 6.22. The van der Waals surface area contributed by atoms with Crippen LogP contribution >= 0.6 is 23.2 Å². The minimum atomic E-state index is 0.285. The molecule has 1 aromatic carbocycles. The summed E-state index contributed by atoms with van der Waals surface area (Å²) in [7, 11) is 0. The largest absolute Gasteiger partial charge is 0.307 e. The van der Waals surface area contributed by atoms with Gasteiger partial charge in [0.05, 0.1) is 0 Å². The highest BCUT2D eigenvalue weighted by Gasteiger charge is 2.31. The van der Waals surface area contributed by atoms with E-state index >= 15 is 0 Å². The van der Waals surface area contributed by atoms with Crippen LogP contribution in [-0.4, -0.2) is 6.04 Å². The monoisotopic (exact) mass is 285 g/mol. The van der Waals surface area contributed by atoms with Gasteiger partial charge in [0.1, 0.15) is 0 Å². The maximum absolute atomic E-state index is 6.22. The van der Waals surface area contributed by atoms with Crippen molar-refractivity contribution in [3.63, 3.8) is 0 Å². The van der Waals surface area contributed by atoms with Crippen molar-refractivity contribution in [2.24, 2.45) is 11.8 Å². The molecule has 1 aliphatic carbocycles. The second-order valence-electron chi connectivity index (χ2n) is 5.73. The fraction of sp³-hybridized carbons (Fsp3) is 0.600. The standard InChI is InChI=1S/C15H21Cl2N/c1-9(2)11-6-13(7-11)18-10(3)14-5-4-12(16)8-15(14)17/h4-5,8-11,13,18H,6-7H2,1-3H3. The minimum absolute atomic E-state index is 0.285. The number of nitrogens with one attached hydrogen (secondary N) is 1. The molecule has 18 heavy (non-hydrogen) atoms. The van der Waals surface area contributed by atoms with Crippen molar-refractivity contribution in [3.8, 4) is 0 Å². The van der Waals surface area contributed by atoms with Crippen LogP contribution in [0.15, 0.2) is 18.2 Å². The zero-order chi connectivity index (χ0) is 13.3. The normalized spacial score (nSPS) is 25.0. The Labute approximate surface area is 120 Å². The first-order valence-corrected chi connectivity index (χ1v) is 7.44. The van der Waals surface area contributed by atoms with E-state index in [1.165, 1.54) is 12.8 Å². The molecule has 1 nitrogen and oxygen atoms in total. The van der Waals surface area contributed by atoms with E-state index in [0.29, 0.717) is 11.1 Å². The van der Waals surface area contributed by atoms with Gasteiger partial charge in [0.25, 0.3) is 0 Å². The zero-order valence-electron chi connectivity index (χ0n) is 11.2. The molecular formula is C15H21Cl2N. The molecule has 0 spiro atoms. The lowest BCUT2D eigenvalue weighted by Crippen LogP contribution is -2.44. The molecule has 0 aliphatic heterocycles. The predicted molar refractivity (Wildman–Crippen MR) is 79.4 cm³/mol. The van der Waals surface area contributed by atoms with Crippen molar-refractivity contribution in [2.75, 3.05) is 0 Å². The third-order valence-electron chi connectivity index (χ3n) is 4.03. The first-order valence-electron chi connectivity index (χ1n) is 6.68. The molecule has 1 unspecified atom stereocenters. The summed E-state index contributed by atoms with van der Waals surface area (Å²) in [5.74, 6) is 1.69. The Bertz CT molecular complexity index is 411. The van der Waals surface area contributed by atoms with Crippen molar-refractivity contribution >= 4 is 23.2 Å². The van der Waals surface area contributed by atoms with Crippen LogP contribution in [0.5, 0.6) is 0 Å². The van der Waals surface area contributed by atoms with Gasteiger partial charge in [-0.25, -0.2) is 0 Å². The Morgan fingerprint density at radius 1 is 1.17 bits per heavy atom. The number of hydrogen-bond donors (Lipinski definition) is 1. The molecule has 1 aliphatic rings. The van der Waals surface area contributed by atoms with Crippen molar-refractivity contribution in [1.29, 1.82) is 0 Å². The summed E-state index contributed by atoms with van der Waals surface area (Å²) in [6, 6.07) is 6.65. The molecule has 1 fully saturated rings. The van der Waals surface area contributed by atoms with Gasteiger partial charge in [0.2, 0.25) is 0 Å². The summed E-state index contributed by atoms with van der Waals surface area (Å²) >= 11 is 12.1. The minimum Gasteiger partial charge on any atom is -0.307 e. The second-order valence-corrected chi connectivity index (χ2v) is 6.57. The quantitative estimate of drug-likeness (QED) is 0.814. The average molecular weight is 286 g/mol. The van der Waals surface area contributed by atoms with Gasteiger partial charge < -0.3 is 5.32 Å². The van der Waals surface area contributed by atoms with Crippen LogP contribution in [-0.2, 0) is 0 Å². The third kappa shape index (κ3) is 3.20. The molecule has 1 atom stereocenters. The van der Waals surface area contributed by atoms with Gasteiger partial charge in [-0.15, -0.1) is 0 Å². The summed E-state index contributed by atoms with van der Waals surface area (Å²) in [4.78, 5) is 0. The van der Waals surface area contributed by atoms with Gasteiger partial charge >= 0.3 is 0 Å². The zero-order valence-corrected chi connectivity index (χ0v) is 12.7. The van der Waals surface area contributed by atoms with Crippen molar-refractivity contribution in [3.05, 3.63) is 33.8 Å². The number of halogens is 2. The molecule has 0 bridgehead atoms. The molecule has 0 amide bonds.